The van der Waals surface area contributed by atoms with Crippen LogP contribution in [-0.2, 0) is 5.41 Å². The fraction of sp³-hybridized carbons (Fsp3) is 0.0526. The predicted octanol–water partition coefficient (Wildman–Crippen LogP) is 10.4. The van der Waals surface area contributed by atoms with Crippen molar-refractivity contribution in [2.45, 2.75) is 12.3 Å². The maximum atomic E-state index is 2.49. The molecule has 7 aromatic rings. The summed E-state index contributed by atoms with van der Waals surface area (Å²) in [6.45, 7) is 2.22. The van der Waals surface area contributed by atoms with Crippen molar-refractivity contribution in [1.82, 2.24) is 0 Å². The van der Waals surface area contributed by atoms with Crippen molar-refractivity contribution >= 4 is 31.5 Å². The Labute approximate surface area is 231 Å². The molecular weight excluding hydrogens is 488 g/mol. The molecule has 0 radical (unpaired) electrons. The summed E-state index contributed by atoms with van der Waals surface area (Å²) in [4.78, 5) is 0. The van der Waals surface area contributed by atoms with Gasteiger partial charge in [-0.15, -0.1) is 11.3 Å². The summed E-state index contributed by atoms with van der Waals surface area (Å²) in [6, 6.07) is 48.0. The van der Waals surface area contributed by atoms with Gasteiger partial charge in [0.2, 0.25) is 0 Å². The molecule has 0 saturated heterocycles. The van der Waals surface area contributed by atoms with Crippen molar-refractivity contribution in [1.29, 1.82) is 0 Å². The molecule has 0 saturated carbocycles. The van der Waals surface area contributed by atoms with Crippen LogP contribution in [0.25, 0.3) is 53.6 Å². The van der Waals surface area contributed by atoms with E-state index in [-0.39, 0.29) is 5.41 Å². The number of benzene rings is 6. The van der Waals surface area contributed by atoms with Crippen molar-refractivity contribution in [3.63, 3.8) is 0 Å². The fourth-order valence-electron chi connectivity index (χ4n) is 7.34. The zero-order chi connectivity index (χ0) is 25.7. The third-order valence-corrected chi connectivity index (χ3v) is 10.1. The first-order valence-electron chi connectivity index (χ1n) is 13.6. The molecule has 182 valence electrons. The van der Waals surface area contributed by atoms with E-state index in [1.54, 1.807) is 0 Å². The molecule has 1 aromatic heterocycles. The average molecular weight is 513 g/mol. The number of hydrogen-bond acceptors (Lipinski definition) is 1. The van der Waals surface area contributed by atoms with Crippen LogP contribution < -0.4 is 0 Å². The molecule has 0 aliphatic heterocycles. The second-order valence-electron chi connectivity index (χ2n) is 11.0. The van der Waals surface area contributed by atoms with Gasteiger partial charge in [-0.3, -0.25) is 0 Å². The lowest BCUT2D eigenvalue weighted by Crippen LogP contribution is -2.26. The van der Waals surface area contributed by atoms with Gasteiger partial charge in [0, 0.05) is 20.2 Å². The highest BCUT2D eigenvalue weighted by atomic mass is 32.1. The lowest BCUT2D eigenvalue weighted by molar-refractivity contribution is 0.793. The van der Waals surface area contributed by atoms with Gasteiger partial charge in [-0.2, -0.15) is 0 Å². The minimum atomic E-state index is -0.306. The molecule has 1 heterocycles. The Hall–Kier alpha value is -4.46. The molecule has 1 spiro atoms. The summed E-state index contributed by atoms with van der Waals surface area (Å²) >= 11 is 1.88. The highest BCUT2D eigenvalue weighted by Crippen LogP contribution is 2.63. The van der Waals surface area contributed by atoms with E-state index in [1.807, 2.05) is 11.3 Å². The van der Waals surface area contributed by atoms with Crippen molar-refractivity contribution in [3.8, 4) is 33.4 Å². The van der Waals surface area contributed by atoms with Crippen LogP contribution in [0.1, 0.15) is 27.8 Å². The maximum absolute atomic E-state index is 2.49. The van der Waals surface area contributed by atoms with Crippen molar-refractivity contribution in [3.05, 3.63) is 155 Å². The zero-order valence-corrected chi connectivity index (χ0v) is 22.3. The summed E-state index contributed by atoms with van der Waals surface area (Å²) in [5.41, 5.74) is 14.6. The first-order chi connectivity index (χ1) is 19.2. The van der Waals surface area contributed by atoms with Gasteiger partial charge < -0.3 is 0 Å². The van der Waals surface area contributed by atoms with Crippen LogP contribution in [0.4, 0.5) is 0 Å². The molecule has 0 atom stereocenters. The third kappa shape index (κ3) is 2.68. The molecule has 0 nitrogen and oxygen atoms in total. The van der Waals surface area contributed by atoms with E-state index in [4.69, 9.17) is 0 Å². The van der Waals surface area contributed by atoms with Crippen LogP contribution in [0.3, 0.4) is 0 Å². The van der Waals surface area contributed by atoms with Gasteiger partial charge in [-0.25, -0.2) is 0 Å². The molecule has 1 heteroatoms. The van der Waals surface area contributed by atoms with Crippen molar-refractivity contribution < 1.29 is 0 Å². The normalized spacial score (nSPS) is 14.0. The number of fused-ring (bicyclic) bond motifs is 13. The Morgan fingerprint density at radius 3 is 1.79 bits per heavy atom. The first-order valence-corrected chi connectivity index (χ1v) is 14.4. The molecule has 2 aliphatic carbocycles. The summed E-state index contributed by atoms with van der Waals surface area (Å²) in [5.74, 6) is 0. The van der Waals surface area contributed by atoms with Gasteiger partial charge in [0.15, 0.2) is 0 Å². The van der Waals surface area contributed by atoms with Crippen LogP contribution in [-0.4, -0.2) is 0 Å². The lowest BCUT2D eigenvalue weighted by Gasteiger charge is -2.31. The van der Waals surface area contributed by atoms with Gasteiger partial charge in [0.1, 0.15) is 0 Å². The van der Waals surface area contributed by atoms with E-state index in [2.05, 4.69) is 134 Å². The molecule has 0 bridgehead atoms. The molecule has 0 unspecified atom stereocenters. The predicted molar refractivity (Wildman–Crippen MR) is 166 cm³/mol. The van der Waals surface area contributed by atoms with Crippen molar-refractivity contribution in [2.24, 2.45) is 0 Å². The molecular formula is C38H24S. The molecule has 9 rings (SSSR count). The van der Waals surface area contributed by atoms with Crippen LogP contribution in [0.15, 0.2) is 127 Å². The summed E-state index contributed by atoms with van der Waals surface area (Å²) < 4.78 is 2.70. The zero-order valence-electron chi connectivity index (χ0n) is 21.5. The SMILES string of the molecule is Cc1ccc2c(c1)C1(c3ccccc3-c3ccccc31)c1cc(-c3ccc4sc5ccccc5c4c3)ccc1-2. The van der Waals surface area contributed by atoms with Gasteiger partial charge in [-0.05, 0) is 86.8 Å². The Balaban J connectivity index is 1.36. The van der Waals surface area contributed by atoms with Crippen LogP contribution >= 0.6 is 11.3 Å². The minimum Gasteiger partial charge on any atom is -0.135 e. The quantitative estimate of drug-likeness (QED) is 0.205. The monoisotopic (exact) mass is 512 g/mol. The summed E-state index contributed by atoms with van der Waals surface area (Å²) in [7, 11) is 0. The molecule has 0 fully saturated rings. The van der Waals surface area contributed by atoms with E-state index in [0.717, 1.165) is 0 Å². The van der Waals surface area contributed by atoms with Crippen LogP contribution in [0.5, 0.6) is 0 Å². The van der Waals surface area contributed by atoms with E-state index in [0.29, 0.717) is 0 Å². The van der Waals surface area contributed by atoms with Crippen LogP contribution in [0, 0.1) is 6.92 Å². The molecule has 0 N–H and O–H groups in total. The van der Waals surface area contributed by atoms with Crippen LogP contribution in [0.2, 0.25) is 0 Å². The number of rotatable bonds is 1. The fourth-order valence-corrected chi connectivity index (χ4v) is 8.42. The number of thiophene rings is 1. The lowest BCUT2D eigenvalue weighted by atomic mass is 9.70. The minimum absolute atomic E-state index is 0.306. The Bertz CT molecular complexity index is 2100. The van der Waals surface area contributed by atoms with Gasteiger partial charge in [0.25, 0.3) is 0 Å². The highest BCUT2D eigenvalue weighted by molar-refractivity contribution is 7.25. The first kappa shape index (κ1) is 21.5. The van der Waals surface area contributed by atoms with Gasteiger partial charge in [0.05, 0.1) is 5.41 Å². The smallest absolute Gasteiger partial charge is 0.0725 e. The molecule has 2 aliphatic rings. The van der Waals surface area contributed by atoms with E-state index < -0.39 is 0 Å². The van der Waals surface area contributed by atoms with E-state index in [1.165, 1.54) is 81.4 Å². The van der Waals surface area contributed by atoms with E-state index >= 15 is 0 Å². The largest absolute Gasteiger partial charge is 0.135 e. The standard InChI is InChI=1S/C38H24S/c1-23-14-17-28-29-18-15-25(24-16-19-37-31(21-24)30-10-4-7-13-36(30)39-37)22-35(29)38(34(28)20-23)32-11-5-2-8-26(32)27-9-3-6-12-33(27)38/h2-22H,1H3. The number of hydrogen-bond donors (Lipinski definition) is 0. The second-order valence-corrected chi connectivity index (χ2v) is 12.0. The second kappa shape index (κ2) is 7.56. The third-order valence-electron chi connectivity index (χ3n) is 8.96. The Morgan fingerprint density at radius 1 is 0.436 bits per heavy atom. The van der Waals surface area contributed by atoms with Crippen molar-refractivity contribution in [2.75, 3.05) is 0 Å². The molecule has 0 amide bonds. The molecule has 6 aromatic carbocycles. The summed E-state index contributed by atoms with van der Waals surface area (Å²) in [6.07, 6.45) is 0. The topological polar surface area (TPSA) is 0 Å². The Morgan fingerprint density at radius 2 is 1.00 bits per heavy atom. The maximum Gasteiger partial charge on any atom is 0.0725 e. The van der Waals surface area contributed by atoms with Gasteiger partial charge in [-0.1, -0.05) is 109 Å². The average Bonchev–Trinajstić information content (AvgIpc) is 3.60. The van der Waals surface area contributed by atoms with Gasteiger partial charge >= 0.3 is 0 Å². The summed E-state index contributed by atoms with van der Waals surface area (Å²) in [5, 5.41) is 2.69. The molecule has 39 heavy (non-hydrogen) atoms. The van der Waals surface area contributed by atoms with E-state index in [9.17, 15) is 0 Å². The Kier molecular flexibility index (Phi) is 4.16. The highest BCUT2D eigenvalue weighted by Gasteiger charge is 2.51. The number of aryl methyl sites for hydroxylation is 1.